The van der Waals surface area contributed by atoms with Crippen molar-refractivity contribution in [3.05, 3.63) is 35.4 Å². The number of aryl methyl sites for hydroxylation is 1. The molecule has 1 aliphatic carbocycles. The van der Waals surface area contributed by atoms with Gasteiger partial charge in [0.25, 0.3) is 5.91 Å². The zero-order valence-corrected chi connectivity index (χ0v) is 16.6. The maximum Gasteiger partial charge on any atom is 0.325 e. The summed E-state index contributed by atoms with van der Waals surface area (Å²) in [7, 11) is 0. The van der Waals surface area contributed by atoms with Crippen molar-refractivity contribution in [2.45, 2.75) is 71.0 Å². The first-order valence-electron chi connectivity index (χ1n) is 9.81. The molecule has 2 aliphatic rings. The van der Waals surface area contributed by atoms with Gasteiger partial charge in [0.1, 0.15) is 12.1 Å². The fourth-order valence-electron chi connectivity index (χ4n) is 4.51. The highest BCUT2D eigenvalue weighted by molar-refractivity contribution is 6.09. The lowest BCUT2D eigenvalue weighted by Gasteiger charge is -2.32. The number of benzene rings is 1. The quantitative estimate of drug-likeness (QED) is 0.828. The van der Waals surface area contributed by atoms with Crippen LogP contribution in [-0.2, 0) is 21.5 Å². The number of carbonyl (C=O) groups excluding carboxylic acids is 3. The minimum absolute atomic E-state index is 0.00540. The molecule has 1 spiro atoms. The molecular formula is C21H29N3O3. The number of carbonyl (C=O) groups is 3. The van der Waals surface area contributed by atoms with E-state index in [9.17, 15) is 14.4 Å². The highest BCUT2D eigenvalue weighted by atomic mass is 16.2. The Bertz CT molecular complexity index is 751. The number of nitrogens with one attached hydrogen (secondary N) is 1. The Morgan fingerprint density at radius 1 is 1.15 bits per heavy atom. The molecule has 1 aromatic rings. The second kappa shape index (κ2) is 7.33. The van der Waals surface area contributed by atoms with Crippen LogP contribution in [0.5, 0.6) is 0 Å². The molecule has 0 aromatic heterocycles. The van der Waals surface area contributed by atoms with Crippen LogP contribution < -0.4 is 5.32 Å². The van der Waals surface area contributed by atoms with E-state index in [-0.39, 0.29) is 30.4 Å². The number of urea groups is 1. The Balaban J connectivity index is 1.91. The second-order valence-corrected chi connectivity index (χ2v) is 8.08. The van der Waals surface area contributed by atoms with Crippen molar-refractivity contribution >= 4 is 17.8 Å². The molecule has 146 valence electrons. The minimum atomic E-state index is -1.04. The standard InChI is InChI=1S/C21H29N3O3/c1-14(2)24(15(3)4)18(25)13-23-19(26)21(22-20(23)27)12-8-7-10-16-9-5-6-11-17(16)21/h5-6,9,11,14-15H,7-8,10,12-13H2,1-4H3,(H,22,27)/t21-/m0/s1. The zero-order chi connectivity index (χ0) is 19.8. The second-order valence-electron chi connectivity index (χ2n) is 8.08. The summed E-state index contributed by atoms with van der Waals surface area (Å²) < 4.78 is 0. The van der Waals surface area contributed by atoms with Gasteiger partial charge in [0.15, 0.2) is 0 Å². The molecule has 1 N–H and O–H groups in total. The van der Waals surface area contributed by atoms with Gasteiger partial charge in [-0.2, -0.15) is 0 Å². The zero-order valence-electron chi connectivity index (χ0n) is 16.6. The van der Waals surface area contributed by atoms with E-state index >= 15 is 0 Å². The maximum atomic E-state index is 13.4. The first kappa shape index (κ1) is 19.4. The van der Waals surface area contributed by atoms with E-state index in [1.54, 1.807) is 4.90 Å². The summed E-state index contributed by atoms with van der Waals surface area (Å²) in [5.74, 6) is -0.509. The molecule has 3 rings (SSSR count). The van der Waals surface area contributed by atoms with Crippen LogP contribution in [0.1, 0.15) is 58.1 Å². The van der Waals surface area contributed by atoms with E-state index in [0.29, 0.717) is 6.42 Å². The van der Waals surface area contributed by atoms with E-state index in [2.05, 4.69) is 5.32 Å². The number of rotatable bonds is 4. The number of nitrogens with zero attached hydrogens (tertiary/aromatic N) is 2. The third-order valence-corrected chi connectivity index (χ3v) is 5.59. The smallest absolute Gasteiger partial charge is 0.325 e. The predicted octanol–water partition coefficient (Wildman–Crippen LogP) is 2.81. The van der Waals surface area contributed by atoms with Crippen LogP contribution in [-0.4, -0.2) is 46.3 Å². The third kappa shape index (κ3) is 3.33. The number of imide groups is 1. The van der Waals surface area contributed by atoms with Crippen LogP contribution in [0.15, 0.2) is 24.3 Å². The Labute approximate surface area is 160 Å². The molecule has 1 atom stereocenters. The minimum Gasteiger partial charge on any atom is -0.336 e. The number of amides is 4. The van der Waals surface area contributed by atoms with Gasteiger partial charge in [-0.15, -0.1) is 0 Å². The number of hydrogen-bond acceptors (Lipinski definition) is 3. The molecule has 0 saturated carbocycles. The van der Waals surface area contributed by atoms with Crippen LogP contribution in [0.2, 0.25) is 0 Å². The van der Waals surface area contributed by atoms with Gasteiger partial charge in [-0.25, -0.2) is 4.79 Å². The highest BCUT2D eigenvalue weighted by Gasteiger charge is 2.53. The predicted molar refractivity (Wildman–Crippen MR) is 103 cm³/mol. The van der Waals surface area contributed by atoms with Gasteiger partial charge in [0.2, 0.25) is 5.91 Å². The Morgan fingerprint density at radius 2 is 1.81 bits per heavy atom. The molecule has 6 heteroatoms. The van der Waals surface area contributed by atoms with Crippen molar-refractivity contribution in [3.8, 4) is 0 Å². The van der Waals surface area contributed by atoms with Crippen LogP contribution in [0, 0.1) is 0 Å². The first-order valence-corrected chi connectivity index (χ1v) is 9.81. The SMILES string of the molecule is CC(C)N(C(=O)CN1C(=O)N[C@]2(CCCCc3ccccc32)C1=O)C(C)C. The van der Waals surface area contributed by atoms with Crippen LogP contribution in [0.25, 0.3) is 0 Å². The number of hydrogen-bond donors (Lipinski definition) is 1. The summed E-state index contributed by atoms with van der Waals surface area (Å²) in [6, 6.07) is 7.35. The largest absolute Gasteiger partial charge is 0.336 e. The summed E-state index contributed by atoms with van der Waals surface area (Å²) >= 11 is 0. The van der Waals surface area contributed by atoms with Gasteiger partial charge in [-0.05, 0) is 64.5 Å². The van der Waals surface area contributed by atoms with Crippen LogP contribution in [0.4, 0.5) is 4.79 Å². The maximum absolute atomic E-state index is 13.4. The lowest BCUT2D eigenvalue weighted by molar-refractivity contribution is -0.141. The molecule has 1 heterocycles. The molecule has 0 unspecified atom stereocenters. The summed E-state index contributed by atoms with van der Waals surface area (Å²) in [5, 5.41) is 2.93. The molecule has 27 heavy (non-hydrogen) atoms. The lowest BCUT2D eigenvalue weighted by atomic mass is 9.84. The Morgan fingerprint density at radius 3 is 2.48 bits per heavy atom. The Hall–Kier alpha value is -2.37. The molecule has 0 bridgehead atoms. The number of fused-ring (bicyclic) bond motifs is 2. The normalized spacial score (nSPS) is 22.2. The van der Waals surface area contributed by atoms with Gasteiger partial charge < -0.3 is 10.2 Å². The lowest BCUT2D eigenvalue weighted by Crippen LogP contribution is -2.49. The van der Waals surface area contributed by atoms with E-state index in [1.165, 1.54) is 0 Å². The highest BCUT2D eigenvalue weighted by Crippen LogP contribution is 2.38. The Kier molecular flexibility index (Phi) is 5.27. The summed E-state index contributed by atoms with van der Waals surface area (Å²) in [5.41, 5.74) is 0.938. The van der Waals surface area contributed by atoms with Crippen molar-refractivity contribution in [1.29, 1.82) is 0 Å². The fraction of sp³-hybridized carbons (Fsp3) is 0.571. The van der Waals surface area contributed by atoms with Gasteiger partial charge in [0.05, 0.1) is 0 Å². The van der Waals surface area contributed by atoms with Crippen LogP contribution in [0.3, 0.4) is 0 Å². The molecule has 1 aromatic carbocycles. The molecule has 6 nitrogen and oxygen atoms in total. The molecular weight excluding hydrogens is 342 g/mol. The van der Waals surface area contributed by atoms with Crippen molar-refractivity contribution in [3.63, 3.8) is 0 Å². The molecule has 4 amide bonds. The van der Waals surface area contributed by atoms with Crippen molar-refractivity contribution in [2.24, 2.45) is 0 Å². The van der Waals surface area contributed by atoms with Gasteiger partial charge in [-0.3, -0.25) is 14.5 Å². The van der Waals surface area contributed by atoms with E-state index in [1.807, 2.05) is 52.0 Å². The molecule has 1 saturated heterocycles. The topological polar surface area (TPSA) is 69.7 Å². The van der Waals surface area contributed by atoms with E-state index < -0.39 is 11.6 Å². The van der Waals surface area contributed by atoms with Gasteiger partial charge in [0, 0.05) is 12.1 Å². The van der Waals surface area contributed by atoms with E-state index in [4.69, 9.17) is 0 Å². The van der Waals surface area contributed by atoms with Crippen LogP contribution >= 0.6 is 0 Å². The first-order chi connectivity index (χ1) is 12.8. The third-order valence-electron chi connectivity index (χ3n) is 5.59. The van der Waals surface area contributed by atoms with E-state index in [0.717, 1.165) is 35.3 Å². The average Bonchev–Trinajstić information content (AvgIpc) is 2.74. The van der Waals surface area contributed by atoms with Gasteiger partial charge in [-0.1, -0.05) is 24.3 Å². The fourth-order valence-corrected chi connectivity index (χ4v) is 4.51. The average molecular weight is 371 g/mol. The summed E-state index contributed by atoms with van der Waals surface area (Å²) in [6.07, 6.45) is 3.30. The monoisotopic (exact) mass is 371 g/mol. The molecule has 0 radical (unpaired) electrons. The van der Waals surface area contributed by atoms with Crippen molar-refractivity contribution < 1.29 is 14.4 Å². The van der Waals surface area contributed by atoms with Gasteiger partial charge >= 0.3 is 6.03 Å². The summed E-state index contributed by atoms with van der Waals surface area (Å²) in [4.78, 5) is 41.7. The summed E-state index contributed by atoms with van der Waals surface area (Å²) in [6.45, 7) is 7.53. The van der Waals surface area contributed by atoms with Crippen molar-refractivity contribution in [2.75, 3.05) is 6.54 Å². The molecule has 1 aliphatic heterocycles. The van der Waals surface area contributed by atoms with Crippen molar-refractivity contribution in [1.82, 2.24) is 15.1 Å². The molecule has 1 fully saturated rings.